The summed E-state index contributed by atoms with van der Waals surface area (Å²) in [5.74, 6) is -0.560. The van der Waals surface area contributed by atoms with Crippen molar-refractivity contribution in [3.05, 3.63) is 64.8 Å². The number of anilines is 1. The molecule has 1 aliphatic carbocycles. The lowest BCUT2D eigenvalue weighted by molar-refractivity contribution is -0.114. The lowest BCUT2D eigenvalue weighted by Crippen LogP contribution is -2.20. The van der Waals surface area contributed by atoms with Crippen molar-refractivity contribution in [2.24, 2.45) is 0 Å². The van der Waals surface area contributed by atoms with Gasteiger partial charge >= 0.3 is 0 Å². The molecule has 0 aliphatic heterocycles. The van der Waals surface area contributed by atoms with Crippen LogP contribution in [0.25, 0.3) is 10.9 Å². The van der Waals surface area contributed by atoms with Gasteiger partial charge in [0.1, 0.15) is 0 Å². The number of aromatic amines is 1. The van der Waals surface area contributed by atoms with Gasteiger partial charge in [0.15, 0.2) is 5.78 Å². The first kappa shape index (κ1) is 13.5. The maximum absolute atomic E-state index is 12.8. The number of carbonyl (C=O) groups is 3. The molecule has 0 unspecified atom stereocenters. The fourth-order valence-electron chi connectivity index (χ4n) is 3.03. The first-order valence-corrected chi connectivity index (χ1v) is 7.18. The molecule has 4 rings (SSSR count). The normalized spacial score (nSPS) is 12.9. The van der Waals surface area contributed by atoms with Gasteiger partial charge < -0.3 is 10.3 Å². The molecule has 0 radical (unpaired) electrons. The minimum absolute atomic E-state index is 0.179. The van der Waals surface area contributed by atoms with Crippen LogP contribution in [0.5, 0.6) is 0 Å². The fraction of sp³-hybridized carbons (Fsp3) is 0.0556. The molecule has 112 valence electrons. The Bertz CT molecular complexity index is 1010. The van der Waals surface area contributed by atoms with Gasteiger partial charge in [0.25, 0.3) is 0 Å². The average Bonchev–Trinajstić information content (AvgIpc) is 2.91. The third-order valence-electron chi connectivity index (χ3n) is 3.99. The lowest BCUT2D eigenvalue weighted by atomic mass is 9.87. The predicted molar refractivity (Wildman–Crippen MR) is 85.9 cm³/mol. The van der Waals surface area contributed by atoms with Crippen molar-refractivity contribution < 1.29 is 14.4 Å². The number of ketones is 2. The van der Waals surface area contributed by atoms with Gasteiger partial charge in [-0.05, 0) is 18.2 Å². The van der Waals surface area contributed by atoms with E-state index in [4.69, 9.17) is 0 Å². The molecular formula is C18H12N2O3. The molecule has 5 nitrogen and oxygen atoms in total. The third-order valence-corrected chi connectivity index (χ3v) is 3.99. The van der Waals surface area contributed by atoms with E-state index in [1.807, 2.05) is 0 Å². The van der Waals surface area contributed by atoms with Crippen LogP contribution in [-0.2, 0) is 4.79 Å². The summed E-state index contributed by atoms with van der Waals surface area (Å²) in [6.07, 6.45) is 0. The van der Waals surface area contributed by atoms with Crippen molar-refractivity contribution in [1.82, 2.24) is 4.98 Å². The van der Waals surface area contributed by atoms with Crippen LogP contribution in [-0.4, -0.2) is 22.5 Å². The van der Waals surface area contributed by atoms with Crippen LogP contribution in [0.4, 0.5) is 5.69 Å². The summed E-state index contributed by atoms with van der Waals surface area (Å²) in [7, 11) is 0. The van der Waals surface area contributed by atoms with Crippen molar-refractivity contribution in [2.75, 3.05) is 5.32 Å². The van der Waals surface area contributed by atoms with Gasteiger partial charge in [-0.25, -0.2) is 0 Å². The van der Waals surface area contributed by atoms with Crippen molar-refractivity contribution in [1.29, 1.82) is 0 Å². The third kappa shape index (κ3) is 1.90. The van der Waals surface area contributed by atoms with Crippen LogP contribution in [0.1, 0.15) is 38.9 Å². The maximum Gasteiger partial charge on any atom is 0.221 e. The molecule has 23 heavy (non-hydrogen) atoms. The molecule has 0 saturated carbocycles. The summed E-state index contributed by atoms with van der Waals surface area (Å²) in [6.45, 7) is 1.42. The molecule has 0 bridgehead atoms. The van der Waals surface area contributed by atoms with E-state index >= 15 is 0 Å². The number of rotatable bonds is 1. The number of hydrogen-bond acceptors (Lipinski definition) is 3. The first-order chi connectivity index (χ1) is 11.1. The van der Waals surface area contributed by atoms with Crippen LogP contribution in [0, 0.1) is 0 Å². The number of nitrogens with one attached hydrogen (secondary N) is 2. The molecule has 1 amide bonds. The summed E-state index contributed by atoms with van der Waals surface area (Å²) < 4.78 is 0. The summed E-state index contributed by atoms with van der Waals surface area (Å²) in [4.78, 5) is 39.7. The predicted octanol–water partition coefficient (Wildman–Crippen LogP) is 2.90. The number of carbonyl (C=O) groups excluding carboxylic acids is 3. The molecule has 0 spiro atoms. The van der Waals surface area contributed by atoms with E-state index in [9.17, 15) is 14.4 Å². The van der Waals surface area contributed by atoms with Gasteiger partial charge in [-0.2, -0.15) is 0 Å². The minimum atomic E-state index is -0.193. The van der Waals surface area contributed by atoms with Crippen molar-refractivity contribution in [2.45, 2.75) is 6.92 Å². The van der Waals surface area contributed by atoms with Crippen LogP contribution < -0.4 is 5.32 Å². The van der Waals surface area contributed by atoms with Crippen LogP contribution in [0.2, 0.25) is 0 Å². The minimum Gasteiger partial charge on any atom is -0.351 e. The number of aromatic nitrogens is 1. The highest BCUT2D eigenvalue weighted by Crippen LogP contribution is 2.33. The van der Waals surface area contributed by atoms with Crippen LogP contribution in [0.15, 0.2) is 42.5 Å². The smallest absolute Gasteiger partial charge is 0.221 e. The zero-order chi connectivity index (χ0) is 16.1. The summed E-state index contributed by atoms with van der Waals surface area (Å²) in [5.41, 5.74) is 2.79. The van der Waals surface area contributed by atoms with Gasteiger partial charge in [0.05, 0.1) is 11.3 Å². The summed E-state index contributed by atoms with van der Waals surface area (Å²) >= 11 is 0. The standard InChI is InChI=1S/C18H12N2O3/c1-9(21)19-10-6-7-14-13(8-10)15-16(20-14)18(23)12-5-3-2-4-11(12)17(15)22/h2-8,20H,1H3,(H,19,21). The Hall–Kier alpha value is -3.21. The van der Waals surface area contributed by atoms with Gasteiger partial charge in [0.2, 0.25) is 11.7 Å². The summed E-state index contributed by atoms with van der Waals surface area (Å²) in [6, 6.07) is 12.0. The molecule has 0 atom stereocenters. The molecule has 2 aromatic carbocycles. The zero-order valence-electron chi connectivity index (χ0n) is 12.3. The van der Waals surface area contributed by atoms with Crippen LogP contribution >= 0.6 is 0 Å². The SMILES string of the molecule is CC(=O)Nc1ccc2[nH]c3c(c2c1)C(=O)c1ccccc1C3=O. The van der Waals surface area contributed by atoms with Gasteiger partial charge in [-0.15, -0.1) is 0 Å². The van der Waals surface area contributed by atoms with E-state index in [0.717, 1.165) is 0 Å². The molecule has 1 aliphatic rings. The molecule has 0 saturated heterocycles. The average molecular weight is 304 g/mol. The highest BCUT2D eigenvalue weighted by atomic mass is 16.1. The molecule has 1 heterocycles. The highest BCUT2D eigenvalue weighted by Gasteiger charge is 2.32. The Labute approximate surface area is 131 Å². The monoisotopic (exact) mass is 304 g/mol. The Kier molecular flexibility index (Phi) is 2.72. The lowest BCUT2D eigenvalue weighted by Gasteiger charge is -2.14. The molecule has 3 aromatic rings. The molecular weight excluding hydrogens is 292 g/mol. The topological polar surface area (TPSA) is 79.0 Å². The Morgan fingerprint density at radius 1 is 1.00 bits per heavy atom. The number of amides is 1. The second kappa shape index (κ2) is 4.64. The molecule has 5 heteroatoms. The quantitative estimate of drug-likeness (QED) is 0.567. The summed E-state index contributed by atoms with van der Waals surface area (Å²) in [5, 5.41) is 3.33. The van der Waals surface area contributed by atoms with Gasteiger partial charge in [-0.1, -0.05) is 24.3 Å². The van der Waals surface area contributed by atoms with E-state index in [-0.39, 0.29) is 17.5 Å². The first-order valence-electron chi connectivity index (χ1n) is 7.18. The van der Waals surface area contributed by atoms with E-state index in [0.29, 0.717) is 39.0 Å². The number of hydrogen-bond donors (Lipinski definition) is 2. The maximum atomic E-state index is 12.8. The van der Waals surface area contributed by atoms with Crippen molar-refractivity contribution in [3.63, 3.8) is 0 Å². The van der Waals surface area contributed by atoms with Crippen LogP contribution in [0.3, 0.4) is 0 Å². The van der Waals surface area contributed by atoms with E-state index in [1.165, 1.54) is 6.92 Å². The van der Waals surface area contributed by atoms with Crippen molar-refractivity contribution in [3.8, 4) is 0 Å². The van der Waals surface area contributed by atoms with E-state index in [1.54, 1.807) is 42.5 Å². The van der Waals surface area contributed by atoms with E-state index < -0.39 is 0 Å². The Morgan fingerprint density at radius 3 is 2.39 bits per heavy atom. The van der Waals surface area contributed by atoms with Gasteiger partial charge in [-0.3, -0.25) is 14.4 Å². The molecule has 2 N–H and O–H groups in total. The second-order valence-electron chi connectivity index (χ2n) is 5.52. The highest BCUT2D eigenvalue weighted by molar-refractivity contribution is 6.32. The zero-order valence-corrected chi connectivity index (χ0v) is 12.3. The largest absolute Gasteiger partial charge is 0.351 e. The number of H-pyrrole nitrogens is 1. The van der Waals surface area contributed by atoms with Crippen molar-refractivity contribution >= 4 is 34.1 Å². The fourth-order valence-corrected chi connectivity index (χ4v) is 3.03. The van der Waals surface area contributed by atoms with E-state index in [2.05, 4.69) is 10.3 Å². The molecule has 0 fully saturated rings. The Balaban J connectivity index is 1.98. The molecule has 1 aromatic heterocycles. The Morgan fingerprint density at radius 2 is 1.70 bits per heavy atom. The number of fused-ring (bicyclic) bond motifs is 4. The van der Waals surface area contributed by atoms with Gasteiger partial charge in [0, 0.05) is 34.6 Å². The second-order valence-corrected chi connectivity index (χ2v) is 5.52. The number of benzene rings is 2.